The summed E-state index contributed by atoms with van der Waals surface area (Å²) < 4.78 is 0. The topological polar surface area (TPSA) is 50.9 Å². The van der Waals surface area contributed by atoms with E-state index in [1.54, 1.807) is 0 Å². The number of nitrogens with zero attached hydrogens (tertiary/aromatic N) is 1. The number of benzene rings is 2. The molecule has 1 amide bonds. The molecule has 3 aromatic rings. The Morgan fingerprint density at radius 2 is 1.66 bits per heavy atom. The summed E-state index contributed by atoms with van der Waals surface area (Å²) in [5.74, 6) is 1.18. The van der Waals surface area contributed by atoms with E-state index in [1.807, 2.05) is 67.7 Å². The summed E-state index contributed by atoms with van der Waals surface area (Å²) in [6.07, 6.45) is 1.95. The zero-order valence-corrected chi connectivity index (χ0v) is 16.8. The number of aromatic nitrogens is 1. The van der Waals surface area contributed by atoms with Crippen LogP contribution in [0.4, 0.5) is 11.5 Å². The fourth-order valence-corrected chi connectivity index (χ4v) is 3.97. The number of H-pyrrole nitrogens is 1. The predicted octanol–water partition coefficient (Wildman–Crippen LogP) is 1.89. The van der Waals surface area contributed by atoms with Gasteiger partial charge in [0, 0.05) is 17.3 Å². The minimum Gasteiger partial charge on any atom is -0.321 e. The van der Waals surface area contributed by atoms with E-state index < -0.39 is 0 Å². The van der Waals surface area contributed by atoms with E-state index in [9.17, 15) is 4.79 Å². The second-order valence-corrected chi connectivity index (χ2v) is 7.59. The minimum atomic E-state index is -0.223. The van der Waals surface area contributed by atoms with E-state index in [0.29, 0.717) is 0 Å². The van der Waals surface area contributed by atoms with Gasteiger partial charge in [-0.15, -0.1) is 0 Å². The average molecular weight is 389 g/mol. The Balaban J connectivity index is 1.51. The molecule has 0 bridgehead atoms. The van der Waals surface area contributed by atoms with Crippen LogP contribution in [-0.4, -0.2) is 32.1 Å². The Labute approximate surface area is 172 Å². The smallest absolute Gasteiger partial charge is 0.287 e. The maximum Gasteiger partial charge on any atom is 0.287 e. The molecule has 1 aromatic heterocycles. The van der Waals surface area contributed by atoms with E-state index in [-0.39, 0.29) is 11.9 Å². The summed E-state index contributed by atoms with van der Waals surface area (Å²) in [5, 5.41) is 3.13. The average Bonchev–Trinajstić information content (AvgIpc) is 2.77. The summed E-state index contributed by atoms with van der Waals surface area (Å²) in [6.45, 7) is 5.69. The van der Waals surface area contributed by atoms with Gasteiger partial charge in [-0.1, -0.05) is 54.1 Å². The Hall–Kier alpha value is -3.18. The Morgan fingerprint density at radius 1 is 0.966 bits per heavy atom. The SMILES string of the molecule is Cc1ccc(NC(=O)[C@@H](c2ccccc2)[NH+]2CCN(c3cccc[nH+]3)CC2)cc1. The van der Waals surface area contributed by atoms with Crippen LogP contribution >= 0.6 is 0 Å². The molecule has 1 saturated heterocycles. The third-order valence-corrected chi connectivity index (χ3v) is 5.56. The first-order chi connectivity index (χ1) is 14.2. The van der Waals surface area contributed by atoms with Gasteiger partial charge in [0.15, 0.2) is 6.04 Å². The summed E-state index contributed by atoms with van der Waals surface area (Å²) in [6, 6.07) is 24.0. The van der Waals surface area contributed by atoms with Gasteiger partial charge in [-0.25, -0.2) is 4.98 Å². The normalized spacial score (nSPS) is 15.7. The van der Waals surface area contributed by atoms with Crippen LogP contribution in [0.15, 0.2) is 79.0 Å². The molecule has 1 aliphatic heterocycles. The number of piperazine rings is 1. The molecule has 2 heterocycles. The lowest BCUT2D eigenvalue weighted by Gasteiger charge is -2.33. The van der Waals surface area contributed by atoms with Gasteiger partial charge in [0.1, 0.15) is 26.2 Å². The van der Waals surface area contributed by atoms with Gasteiger partial charge in [0.05, 0.1) is 6.20 Å². The molecule has 0 saturated carbocycles. The molecule has 1 fully saturated rings. The van der Waals surface area contributed by atoms with Crippen molar-refractivity contribution >= 4 is 17.4 Å². The van der Waals surface area contributed by atoms with Crippen molar-refractivity contribution in [2.24, 2.45) is 0 Å². The molecule has 4 rings (SSSR count). The van der Waals surface area contributed by atoms with Crippen molar-refractivity contribution in [2.45, 2.75) is 13.0 Å². The number of aryl methyl sites for hydroxylation is 1. The molecule has 5 heteroatoms. The number of quaternary nitrogens is 1. The number of amides is 1. The molecule has 2 aromatic carbocycles. The standard InChI is InChI=1S/C24H26N4O/c1-19-10-12-21(13-11-19)26-24(29)23(20-7-3-2-4-8-20)28-17-15-27(16-18-28)22-9-5-6-14-25-22/h2-14,23H,15-18H2,1H3,(H,26,29)/p+2/t23-/m1/s1. The summed E-state index contributed by atoms with van der Waals surface area (Å²) in [7, 11) is 0. The zero-order valence-electron chi connectivity index (χ0n) is 16.8. The molecular weight excluding hydrogens is 360 g/mol. The number of carbonyl (C=O) groups excluding carboxylic acids is 1. The molecule has 1 atom stereocenters. The van der Waals surface area contributed by atoms with Crippen LogP contribution in [0.2, 0.25) is 0 Å². The molecular formula is C24H28N4O+2. The second kappa shape index (κ2) is 8.88. The molecule has 0 spiro atoms. The lowest BCUT2D eigenvalue weighted by Crippen LogP contribution is -3.16. The van der Waals surface area contributed by atoms with Gasteiger partial charge in [-0.05, 0) is 25.1 Å². The number of anilines is 2. The van der Waals surface area contributed by atoms with Crippen molar-refractivity contribution in [2.75, 3.05) is 36.4 Å². The van der Waals surface area contributed by atoms with Crippen LogP contribution in [-0.2, 0) is 4.79 Å². The highest BCUT2D eigenvalue weighted by Gasteiger charge is 2.36. The van der Waals surface area contributed by atoms with Gasteiger partial charge in [-0.2, -0.15) is 0 Å². The fraction of sp³-hybridized carbons (Fsp3) is 0.250. The van der Waals surface area contributed by atoms with Crippen LogP contribution in [0, 0.1) is 6.92 Å². The number of rotatable bonds is 5. The van der Waals surface area contributed by atoms with Gasteiger partial charge in [-0.3, -0.25) is 9.69 Å². The van der Waals surface area contributed by atoms with Gasteiger partial charge >= 0.3 is 0 Å². The minimum absolute atomic E-state index is 0.0507. The number of carbonyl (C=O) groups is 1. The molecule has 29 heavy (non-hydrogen) atoms. The van der Waals surface area contributed by atoms with E-state index in [0.717, 1.165) is 43.2 Å². The van der Waals surface area contributed by atoms with E-state index in [4.69, 9.17) is 0 Å². The molecule has 0 unspecified atom stereocenters. The third kappa shape index (κ3) is 4.63. The molecule has 0 radical (unpaired) electrons. The zero-order chi connectivity index (χ0) is 20.1. The van der Waals surface area contributed by atoms with Crippen LogP contribution in [0.3, 0.4) is 0 Å². The van der Waals surface area contributed by atoms with E-state index >= 15 is 0 Å². The molecule has 148 valence electrons. The van der Waals surface area contributed by atoms with Crippen molar-refractivity contribution < 1.29 is 14.7 Å². The highest BCUT2D eigenvalue weighted by molar-refractivity contribution is 5.94. The number of hydrogen-bond donors (Lipinski definition) is 2. The monoisotopic (exact) mass is 388 g/mol. The van der Waals surface area contributed by atoms with Gasteiger partial charge in [0.25, 0.3) is 11.7 Å². The van der Waals surface area contributed by atoms with Crippen molar-refractivity contribution in [3.63, 3.8) is 0 Å². The largest absolute Gasteiger partial charge is 0.321 e. The first-order valence-corrected chi connectivity index (χ1v) is 10.2. The second-order valence-electron chi connectivity index (χ2n) is 7.59. The Morgan fingerprint density at radius 3 is 2.31 bits per heavy atom. The first-order valence-electron chi connectivity index (χ1n) is 10.2. The number of hydrogen-bond acceptors (Lipinski definition) is 2. The summed E-state index contributed by atoms with van der Waals surface area (Å²) in [4.78, 5) is 20.3. The number of nitrogens with one attached hydrogen (secondary N) is 3. The number of pyridine rings is 1. The quantitative estimate of drug-likeness (QED) is 0.701. The third-order valence-electron chi connectivity index (χ3n) is 5.56. The van der Waals surface area contributed by atoms with Crippen LogP contribution in [0.5, 0.6) is 0 Å². The fourth-order valence-electron chi connectivity index (χ4n) is 3.97. The number of aromatic amines is 1. The lowest BCUT2D eigenvalue weighted by atomic mass is 10.0. The van der Waals surface area contributed by atoms with Crippen molar-refractivity contribution in [3.05, 3.63) is 90.1 Å². The summed E-state index contributed by atoms with van der Waals surface area (Å²) >= 11 is 0. The summed E-state index contributed by atoms with van der Waals surface area (Å²) in [5.41, 5.74) is 3.09. The van der Waals surface area contributed by atoms with E-state index in [1.165, 1.54) is 10.5 Å². The maximum atomic E-state index is 13.3. The van der Waals surface area contributed by atoms with Crippen molar-refractivity contribution in [1.29, 1.82) is 0 Å². The van der Waals surface area contributed by atoms with Crippen molar-refractivity contribution in [1.82, 2.24) is 0 Å². The highest BCUT2D eigenvalue weighted by Crippen LogP contribution is 2.15. The molecule has 3 N–H and O–H groups in total. The first kappa shape index (κ1) is 19.2. The lowest BCUT2D eigenvalue weighted by molar-refractivity contribution is -0.922. The molecule has 0 aliphatic carbocycles. The Bertz CT molecular complexity index is 920. The van der Waals surface area contributed by atoms with Crippen LogP contribution < -0.4 is 20.1 Å². The molecule has 5 nitrogen and oxygen atoms in total. The Kier molecular flexibility index (Phi) is 5.86. The van der Waals surface area contributed by atoms with E-state index in [2.05, 4.69) is 33.4 Å². The van der Waals surface area contributed by atoms with Crippen LogP contribution in [0.1, 0.15) is 17.2 Å². The molecule has 1 aliphatic rings. The van der Waals surface area contributed by atoms with Gasteiger partial charge in [0.2, 0.25) is 0 Å². The maximum absolute atomic E-state index is 13.3. The predicted molar refractivity (Wildman–Crippen MR) is 115 cm³/mol. The van der Waals surface area contributed by atoms with Gasteiger partial charge < -0.3 is 10.2 Å². The van der Waals surface area contributed by atoms with Crippen molar-refractivity contribution in [3.8, 4) is 0 Å². The highest BCUT2D eigenvalue weighted by atomic mass is 16.2. The van der Waals surface area contributed by atoms with Crippen LogP contribution in [0.25, 0.3) is 0 Å².